The Balaban J connectivity index is 2.76. The highest BCUT2D eigenvalue weighted by Crippen LogP contribution is 2.05. The molecule has 1 atom stereocenters. The zero-order valence-corrected chi connectivity index (χ0v) is 5.39. The summed E-state index contributed by atoms with van der Waals surface area (Å²) in [5, 5.41) is 1.77. The van der Waals surface area contributed by atoms with Crippen LogP contribution < -0.4 is 5.73 Å². The second-order valence-corrected chi connectivity index (χ2v) is 2.19. The molecule has 0 aliphatic rings. The lowest BCUT2D eigenvalue weighted by Crippen LogP contribution is -2.10. The highest BCUT2D eigenvalue weighted by molar-refractivity contribution is 7.03. The van der Waals surface area contributed by atoms with E-state index < -0.39 is 6.04 Å². The third-order valence-electron chi connectivity index (χ3n) is 0.903. The lowest BCUT2D eigenvalue weighted by molar-refractivity contribution is 0.543. The van der Waals surface area contributed by atoms with E-state index >= 15 is 0 Å². The first-order chi connectivity index (χ1) is 4.34. The molecule has 47 valence electrons. The maximum atomic E-state index is 9.92. The van der Waals surface area contributed by atoms with Crippen molar-refractivity contribution in [3.63, 3.8) is 0 Å². The fraction of sp³-hybridized carbons (Fsp3) is 0.200. The Hall–Kier alpha value is -0.740. The van der Waals surface area contributed by atoms with Crippen molar-refractivity contribution in [1.29, 1.82) is 0 Å². The summed E-state index contributed by atoms with van der Waals surface area (Å²) >= 11 is 1.27. The van der Waals surface area contributed by atoms with Crippen molar-refractivity contribution < 1.29 is 4.79 Å². The first-order valence-electron chi connectivity index (χ1n) is 2.38. The summed E-state index contributed by atoms with van der Waals surface area (Å²) in [7, 11) is 0. The van der Waals surface area contributed by atoms with Gasteiger partial charge in [0.2, 0.25) is 6.29 Å². The van der Waals surface area contributed by atoms with E-state index in [1.165, 1.54) is 11.5 Å². The third kappa shape index (κ3) is 1.34. The molecule has 0 aromatic carbocycles. The maximum Gasteiger partial charge on any atom is 0.223 e. The van der Waals surface area contributed by atoms with Gasteiger partial charge in [-0.3, -0.25) is 4.79 Å². The van der Waals surface area contributed by atoms with Crippen LogP contribution in [0, 0.1) is 0 Å². The molecule has 1 radical (unpaired) electrons. The minimum absolute atomic E-state index is 0.593. The van der Waals surface area contributed by atoms with Crippen molar-refractivity contribution in [2.75, 3.05) is 0 Å². The highest BCUT2D eigenvalue weighted by Gasteiger charge is 2.05. The highest BCUT2D eigenvalue weighted by atomic mass is 32.1. The van der Waals surface area contributed by atoms with Gasteiger partial charge in [-0.15, -0.1) is 0 Å². The van der Waals surface area contributed by atoms with Crippen LogP contribution in [0.4, 0.5) is 0 Å². The van der Waals surface area contributed by atoms with Crippen LogP contribution in [0.5, 0.6) is 0 Å². The molecule has 0 spiro atoms. The summed E-state index contributed by atoms with van der Waals surface area (Å²) in [5.41, 5.74) is 5.85. The van der Waals surface area contributed by atoms with Crippen LogP contribution in [0.1, 0.15) is 11.7 Å². The van der Waals surface area contributed by atoms with E-state index in [1.54, 1.807) is 17.7 Å². The van der Waals surface area contributed by atoms with E-state index in [4.69, 9.17) is 5.73 Å². The standard InChI is InChI=1S/C5H5N2OS/c6-4(3-8)5-1-2-9-7-5/h1-2,4H,6H2/t4-/m1/s1. The molecule has 4 heteroatoms. The number of aromatic nitrogens is 1. The van der Waals surface area contributed by atoms with Crippen LogP contribution in [-0.4, -0.2) is 10.7 Å². The van der Waals surface area contributed by atoms with E-state index in [0.717, 1.165) is 0 Å². The van der Waals surface area contributed by atoms with Crippen molar-refractivity contribution in [3.05, 3.63) is 17.1 Å². The molecule has 0 aliphatic carbocycles. The molecule has 0 saturated carbocycles. The summed E-state index contributed by atoms with van der Waals surface area (Å²) < 4.78 is 3.84. The predicted molar refractivity (Wildman–Crippen MR) is 34.7 cm³/mol. The van der Waals surface area contributed by atoms with Gasteiger partial charge < -0.3 is 5.73 Å². The SMILES string of the molecule is N[C@H]([C]=O)c1ccsn1. The lowest BCUT2D eigenvalue weighted by atomic mass is 10.2. The first-order valence-corrected chi connectivity index (χ1v) is 3.22. The Morgan fingerprint density at radius 2 is 2.67 bits per heavy atom. The number of nitrogens with two attached hydrogens (primary N) is 1. The van der Waals surface area contributed by atoms with Crippen LogP contribution in [0.15, 0.2) is 11.4 Å². The van der Waals surface area contributed by atoms with Crippen molar-refractivity contribution in [2.45, 2.75) is 6.04 Å². The summed E-state index contributed by atoms with van der Waals surface area (Å²) in [6.45, 7) is 0. The van der Waals surface area contributed by atoms with Crippen LogP contribution >= 0.6 is 11.5 Å². The van der Waals surface area contributed by atoms with Gasteiger partial charge in [-0.25, -0.2) is 0 Å². The molecule has 1 aromatic heterocycles. The van der Waals surface area contributed by atoms with Crippen LogP contribution in [0.2, 0.25) is 0 Å². The molecule has 0 amide bonds. The summed E-state index contributed by atoms with van der Waals surface area (Å²) in [6, 6.07) is 1.04. The minimum atomic E-state index is -0.670. The molecule has 1 heterocycles. The molecular formula is C5H5N2OS. The first kappa shape index (κ1) is 6.38. The van der Waals surface area contributed by atoms with E-state index in [9.17, 15) is 4.79 Å². The molecule has 0 fully saturated rings. The van der Waals surface area contributed by atoms with Gasteiger partial charge in [-0.05, 0) is 17.6 Å². The molecule has 9 heavy (non-hydrogen) atoms. The predicted octanol–water partition coefficient (Wildman–Crippen LogP) is 0.253. The van der Waals surface area contributed by atoms with Gasteiger partial charge in [0.25, 0.3) is 0 Å². The van der Waals surface area contributed by atoms with E-state index in [0.29, 0.717) is 5.69 Å². The third-order valence-corrected chi connectivity index (χ3v) is 1.48. The number of rotatable bonds is 2. The van der Waals surface area contributed by atoms with Gasteiger partial charge in [-0.2, -0.15) is 4.37 Å². The fourth-order valence-corrected chi connectivity index (χ4v) is 1.000. The Bertz CT molecular complexity index is 185. The van der Waals surface area contributed by atoms with Crippen LogP contribution in [0.3, 0.4) is 0 Å². The minimum Gasteiger partial charge on any atom is -0.316 e. The molecule has 0 bridgehead atoms. The Morgan fingerprint density at radius 1 is 1.89 bits per heavy atom. The van der Waals surface area contributed by atoms with E-state index in [1.807, 2.05) is 0 Å². The molecule has 2 N–H and O–H groups in total. The summed E-state index contributed by atoms with van der Waals surface area (Å²) in [5.74, 6) is 0. The Morgan fingerprint density at radius 3 is 3.11 bits per heavy atom. The van der Waals surface area contributed by atoms with Crippen molar-refractivity contribution >= 4 is 17.8 Å². The average Bonchev–Trinajstić information content (AvgIpc) is 2.37. The van der Waals surface area contributed by atoms with E-state index in [-0.39, 0.29) is 0 Å². The van der Waals surface area contributed by atoms with Gasteiger partial charge in [-0.1, -0.05) is 0 Å². The number of hydrogen-bond donors (Lipinski definition) is 1. The molecular weight excluding hydrogens is 136 g/mol. The number of carbonyl (C=O) groups excluding carboxylic acids is 1. The smallest absolute Gasteiger partial charge is 0.223 e. The van der Waals surface area contributed by atoms with Gasteiger partial charge in [0.05, 0.1) is 5.69 Å². The fourth-order valence-electron chi connectivity index (χ4n) is 0.443. The maximum absolute atomic E-state index is 9.92. The van der Waals surface area contributed by atoms with Crippen molar-refractivity contribution in [3.8, 4) is 0 Å². The van der Waals surface area contributed by atoms with Crippen molar-refractivity contribution in [2.24, 2.45) is 5.73 Å². The van der Waals surface area contributed by atoms with Gasteiger partial charge in [0.1, 0.15) is 6.04 Å². The summed E-state index contributed by atoms with van der Waals surface area (Å²) in [6.07, 6.45) is 1.64. The molecule has 3 nitrogen and oxygen atoms in total. The zero-order valence-electron chi connectivity index (χ0n) is 4.57. The van der Waals surface area contributed by atoms with Gasteiger partial charge >= 0.3 is 0 Å². The van der Waals surface area contributed by atoms with Gasteiger partial charge in [0.15, 0.2) is 0 Å². The van der Waals surface area contributed by atoms with Crippen molar-refractivity contribution in [1.82, 2.24) is 4.37 Å². The molecule has 1 rings (SSSR count). The average molecular weight is 141 g/mol. The molecule has 1 aromatic rings. The van der Waals surface area contributed by atoms with Gasteiger partial charge in [0, 0.05) is 5.38 Å². The number of hydrogen-bond acceptors (Lipinski definition) is 4. The van der Waals surface area contributed by atoms with Crippen LogP contribution in [0.25, 0.3) is 0 Å². The Kier molecular flexibility index (Phi) is 1.92. The monoisotopic (exact) mass is 141 g/mol. The molecule has 0 aliphatic heterocycles. The van der Waals surface area contributed by atoms with Crippen LogP contribution in [-0.2, 0) is 4.79 Å². The normalized spacial score (nSPS) is 13.0. The largest absolute Gasteiger partial charge is 0.316 e. The second-order valence-electron chi connectivity index (χ2n) is 1.52. The quantitative estimate of drug-likeness (QED) is 0.642. The second kappa shape index (κ2) is 2.70. The Labute approximate surface area is 56.7 Å². The topological polar surface area (TPSA) is 56.0 Å². The summed E-state index contributed by atoms with van der Waals surface area (Å²) in [4.78, 5) is 9.92. The lowest BCUT2D eigenvalue weighted by Gasteiger charge is -1.92. The van der Waals surface area contributed by atoms with E-state index in [2.05, 4.69) is 4.37 Å². The number of nitrogens with zero attached hydrogens (tertiary/aromatic N) is 1. The zero-order chi connectivity index (χ0) is 6.69. The molecule has 0 unspecified atom stereocenters. The molecule has 0 saturated heterocycles.